The highest BCUT2D eigenvalue weighted by Gasteiger charge is 2.46. The molecule has 12 nitrogen and oxygen atoms in total. The quantitative estimate of drug-likeness (QED) is 0.323. The monoisotopic (exact) mass is 569 g/mol. The average Bonchev–Trinajstić information content (AvgIpc) is 3.71. The molecule has 5 aromatic rings. The van der Waals surface area contributed by atoms with Crippen LogP contribution in [0.3, 0.4) is 0 Å². The highest BCUT2D eigenvalue weighted by Crippen LogP contribution is 2.45. The lowest BCUT2D eigenvalue weighted by molar-refractivity contribution is 0.0556. The molecule has 0 radical (unpaired) electrons. The van der Waals surface area contributed by atoms with Gasteiger partial charge in [-0.15, -0.1) is 0 Å². The van der Waals surface area contributed by atoms with Crippen molar-refractivity contribution in [2.24, 2.45) is 0 Å². The fraction of sp³-hybridized carbons (Fsp3) is 0.286. The molecule has 0 aliphatic carbocycles. The first-order valence-electron chi connectivity index (χ1n) is 13.4. The molecule has 2 aliphatic rings. The van der Waals surface area contributed by atoms with Crippen LogP contribution in [0.15, 0.2) is 66.1 Å². The van der Waals surface area contributed by atoms with Crippen molar-refractivity contribution in [2.75, 3.05) is 12.0 Å². The van der Waals surface area contributed by atoms with Crippen molar-refractivity contribution in [1.29, 1.82) is 0 Å². The Bertz CT molecular complexity index is 1860. The second-order valence-corrected chi connectivity index (χ2v) is 12.6. The number of aromatic nitrogens is 7. The van der Waals surface area contributed by atoms with E-state index >= 15 is 0 Å². The number of nitrogen functional groups attached to an aromatic ring is 1. The van der Waals surface area contributed by atoms with Crippen LogP contribution < -0.4 is 5.73 Å². The molecule has 2 fully saturated rings. The first-order chi connectivity index (χ1) is 19.8. The molecule has 1 unspecified atom stereocenters. The number of hydrogen-bond donors (Lipinski definition) is 2. The van der Waals surface area contributed by atoms with E-state index in [9.17, 15) is 13.2 Å². The Morgan fingerprint density at radius 3 is 2.39 bits per heavy atom. The number of piperidine rings is 1. The molecule has 1 aromatic carbocycles. The molecule has 2 saturated heterocycles. The van der Waals surface area contributed by atoms with Gasteiger partial charge in [0.15, 0.2) is 15.5 Å². The van der Waals surface area contributed by atoms with E-state index in [1.165, 1.54) is 10.8 Å². The fourth-order valence-corrected chi connectivity index (χ4v) is 7.45. The molecule has 2 aliphatic heterocycles. The standard InChI is InChI=1S/C28H27N9O3S/c1-41(39,40)24-23(18-12-19-9-10-20(13-18)36(19)28(38)26-31-15-32-35-26)34-27-21(14-33-37(27)25(24)29)16-5-7-17(8-6-16)22-4-2-3-11-30-22/h2-8,11,14-15,18-20H,9-10,12-13,29H2,1H3,(H,31,32,35)/t18?,19-,20+. The minimum absolute atomic E-state index is 0.00422. The number of pyridine rings is 1. The molecule has 0 saturated carbocycles. The zero-order valence-electron chi connectivity index (χ0n) is 22.2. The van der Waals surface area contributed by atoms with E-state index in [-0.39, 0.29) is 40.4 Å². The van der Waals surface area contributed by atoms with Crippen molar-refractivity contribution in [3.05, 3.63) is 72.7 Å². The molecular formula is C28H27N9O3S. The minimum atomic E-state index is -3.74. The number of sulfone groups is 1. The summed E-state index contributed by atoms with van der Waals surface area (Å²) in [5.74, 6) is -0.139. The highest BCUT2D eigenvalue weighted by atomic mass is 32.2. The maximum atomic E-state index is 13.1. The van der Waals surface area contributed by atoms with Gasteiger partial charge in [-0.2, -0.15) is 14.7 Å². The average molecular weight is 570 g/mol. The minimum Gasteiger partial charge on any atom is -0.382 e. The number of nitrogens with one attached hydrogen (secondary N) is 1. The Morgan fingerprint density at radius 2 is 1.76 bits per heavy atom. The molecule has 1 amide bonds. The van der Waals surface area contributed by atoms with Gasteiger partial charge >= 0.3 is 0 Å². The molecule has 3 N–H and O–H groups in total. The van der Waals surface area contributed by atoms with Crippen LogP contribution in [-0.4, -0.2) is 72.3 Å². The van der Waals surface area contributed by atoms with Crippen LogP contribution >= 0.6 is 0 Å². The third-order valence-corrected chi connectivity index (χ3v) is 9.32. The lowest BCUT2D eigenvalue weighted by Crippen LogP contribution is -2.46. The Morgan fingerprint density at radius 1 is 1.02 bits per heavy atom. The number of hydrogen-bond acceptors (Lipinski definition) is 9. The molecule has 41 heavy (non-hydrogen) atoms. The number of amides is 1. The van der Waals surface area contributed by atoms with Crippen molar-refractivity contribution in [1.82, 2.24) is 39.7 Å². The number of nitrogens with zero attached hydrogens (tertiary/aromatic N) is 7. The second kappa shape index (κ2) is 9.47. The number of H-pyrrole nitrogens is 1. The molecule has 13 heteroatoms. The van der Waals surface area contributed by atoms with Crippen molar-refractivity contribution in [2.45, 2.75) is 48.6 Å². The Hall–Kier alpha value is -4.65. The summed E-state index contributed by atoms with van der Waals surface area (Å²) in [4.78, 5) is 28.4. The summed E-state index contributed by atoms with van der Waals surface area (Å²) in [5, 5.41) is 10.9. The zero-order valence-corrected chi connectivity index (χ0v) is 23.0. The van der Waals surface area contributed by atoms with Crippen LogP contribution in [0.4, 0.5) is 5.82 Å². The smallest absolute Gasteiger partial charge is 0.291 e. The maximum absolute atomic E-state index is 13.1. The lowest BCUT2D eigenvalue weighted by atomic mass is 9.87. The number of rotatable bonds is 5. The fourth-order valence-electron chi connectivity index (χ4n) is 6.40. The predicted octanol–water partition coefficient (Wildman–Crippen LogP) is 3.11. The van der Waals surface area contributed by atoms with Gasteiger partial charge in [0.25, 0.3) is 5.91 Å². The Kier molecular flexibility index (Phi) is 5.85. The molecule has 6 heterocycles. The summed E-state index contributed by atoms with van der Waals surface area (Å²) in [6.45, 7) is 0. The lowest BCUT2D eigenvalue weighted by Gasteiger charge is -2.38. The number of anilines is 1. The van der Waals surface area contributed by atoms with Crippen LogP contribution in [0.5, 0.6) is 0 Å². The first kappa shape index (κ1) is 25.3. The van der Waals surface area contributed by atoms with E-state index in [0.717, 1.165) is 41.5 Å². The summed E-state index contributed by atoms with van der Waals surface area (Å²) in [6, 6.07) is 13.5. The largest absolute Gasteiger partial charge is 0.382 e. The van der Waals surface area contributed by atoms with Crippen LogP contribution in [0.1, 0.15) is 47.9 Å². The van der Waals surface area contributed by atoms with Gasteiger partial charge in [-0.1, -0.05) is 30.3 Å². The molecule has 2 bridgehead atoms. The molecule has 3 atom stereocenters. The van der Waals surface area contributed by atoms with Gasteiger partial charge in [-0.25, -0.2) is 18.4 Å². The number of benzene rings is 1. The van der Waals surface area contributed by atoms with Crippen LogP contribution in [0.25, 0.3) is 28.0 Å². The number of aromatic amines is 1. The van der Waals surface area contributed by atoms with Gasteiger partial charge in [-0.3, -0.25) is 14.9 Å². The van der Waals surface area contributed by atoms with Gasteiger partial charge in [0.1, 0.15) is 17.0 Å². The van der Waals surface area contributed by atoms with Crippen LogP contribution in [0, 0.1) is 0 Å². The summed E-state index contributed by atoms with van der Waals surface area (Å²) in [7, 11) is -3.74. The number of carbonyl (C=O) groups is 1. The van der Waals surface area contributed by atoms with E-state index in [1.54, 1.807) is 12.4 Å². The third-order valence-electron chi connectivity index (χ3n) is 8.16. The van der Waals surface area contributed by atoms with E-state index in [4.69, 9.17) is 10.7 Å². The van der Waals surface area contributed by atoms with E-state index in [0.29, 0.717) is 24.2 Å². The second-order valence-electron chi connectivity index (χ2n) is 10.7. The summed E-state index contributed by atoms with van der Waals surface area (Å²) in [6.07, 6.45) is 8.68. The molecule has 0 spiro atoms. The zero-order chi connectivity index (χ0) is 28.3. The van der Waals surface area contributed by atoms with E-state index < -0.39 is 9.84 Å². The van der Waals surface area contributed by atoms with Crippen molar-refractivity contribution < 1.29 is 13.2 Å². The molecule has 208 valence electrons. The number of fused-ring (bicyclic) bond motifs is 3. The summed E-state index contributed by atoms with van der Waals surface area (Å²) < 4.78 is 27.5. The molecule has 7 rings (SSSR count). The van der Waals surface area contributed by atoms with Gasteiger partial charge in [0.2, 0.25) is 5.82 Å². The summed E-state index contributed by atoms with van der Waals surface area (Å²) >= 11 is 0. The SMILES string of the molecule is CS(=O)(=O)c1c(C2C[C@H]3CC[C@@H](C2)N3C(=O)c2ncn[nH]2)nc2c(-c3ccc(-c4ccccn4)cc3)cnn2c1N. The highest BCUT2D eigenvalue weighted by molar-refractivity contribution is 7.91. The Balaban J connectivity index is 1.29. The van der Waals surface area contributed by atoms with Gasteiger partial charge in [0, 0.05) is 41.6 Å². The Labute approximate surface area is 235 Å². The van der Waals surface area contributed by atoms with Crippen LogP contribution in [-0.2, 0) is 9.84 Å². The first-order valence-corrected chi connectivity index (χ1v) is 15.3. The molecular weight excluding hydrogens is 542 g/mol. The van der Waals surface area contributed by atoms with Crippen molar-refractivity contribution in [3.8, 4) is 22.4 Å². The van der Waals surface area contributed by atoms with E-state index in [1.807, 2.05) is 47.4 Å². The number of carbonyl (C=O) groups excluding carboxylic acids is 1. The molecule has 4 aromatic heterocycles. The van der Waals surface area contributed by atoms with Crippen molar-refractivity contribution >= 4 is 27.2 Å². The normalized spacial score (nSPS) is 20.5. The van der Waals surface area contributed by atoms with Crippen molar-refractivity contribution in [3.63, 3.8) is 0 Å². The van der Waals surface area contributed by atoms with Gasteiger partial charge < -0.3 is 10.6 Å². The predicted molar refractivity (Wildman–Crippen MR) is 151 cm³/mol. The maximum Gasteiger partial charge on any atom is 0.291 e. The van der Waals surface area contributed by atoms with E-state index in [2.05, 4.69) is 25.3 Å². The van der Waals surface area contributed by atoms with Gasteiger partial charge in [0.05, 0.1) is 17.6 Å². The summed E-state index contributed by atoms with van der Waals surface area (Å²) in [5.41, 5.74) is 10.9. The topological polar surface area (TPSA) is 165 Å². The third kappa shape index (κ3) is 4.24. The van der Waals surface area contributed by atoms with Crippen LogP contribution in [0.2, 0.25) is 0 Å². The number of nitrogens with two attached hydrogens (primary N) is 1. The van der Waals surface area contributed by atoms with Gasteiger partial charge in [-0.05, 0) is 43.4 Å².